The maximum absolute atomic E-state index is 12.1. The van der Waals surface area contributed by atoms with Gasteiger partial charge in [-0.3, -0.25) is 4.79 Å². The molecule has 0 fully saturated rings. The van der Waals surface area contributed by atoms with Crippen LogP contribution in [0.4, 0.5) is 5.69 Å². The third kappa shape index (κ3) is 2.70. The van der Waals surface area contributed by atoms with E-state index in [0.717, 1.165) is 0 Å². The molecule has 7 heteroatoms. The van der Waals surface area contributed by atoms with Crippen LogP contribution in [0, 0.1) is 20.8 Å². The Morgan fingerprint density at radius 1 is 1.21 bits per heavy atom. The zero-order chi connectivity index (χ0) is 14.0. The summed E-state index contributed by atoms with van der Waals surface area (Å²) in [5, 5.41) is 2.82. The summed E-state index contributed by atoms with van der Waals surface area (Å²) < 4.78 is 4.98. The van der Waals surface area contributed by atoms with Crippen molar-refractivity contribution >= 4 is 22.9 Å². The van der Waals surface area contributed by atoms with Crippen LogP contribution < -0.4 is 10.1 Å². The van der Waals surface area contributed by atoms with E-state index in [-0.39, 0.29) is 5.91 Å². The molecule has 2 aromatic rings. The van der Waals surface area contributed by atoms with Crippen LogP contribution in [0.25, 0.3) is 0 Å². The van der Waals surface area contributed by atoms with E-state index in [4.69, 9.17) is 4.74 Å². The number of rotatable bonds is 3. The number of carbonyl (C=O) groups is 1. The second-order valence-corrected chi connectivity index (χ2v) is 4.83. The van der Waals surface area contributed by atoms with Crippen molar-refractivity contribution in [3.05, 3.63) is 27.5 Å². The van der Waals surface area contributed by atoms with Crippen LogP contribution >= 0.6 is 11.3 Å². The molecule has 0 spiro atoms. The number of ether oxygens (including phenoxy) is 1. The Morgan fingerprint density at radius 2 is 1.84 bits per heavy atom. The van der Waals surface area contributed by atoms with Gasteiger partial charge in [0.1, 0.15) is 4.88 Å². The molecule has 100 valence electrons. The molecule has 2 heterocycles. The lowest BCUT2D eigenvalue weighted by Gasteiger charge is -2.11. The fourth-order valence-corrected chi connectivity index (χ4v) is 2.35. The van der Waals surface area contributed by atoms with E-state index in [2.05, 4.69) is 20.3 Å². The number of methoxy groups -OCH3 is 1. The number of hydrogen-bond donors (Lipinski definition) is 1. The molecule has 2 rings (SSSR count). The molecule has 0 unspecified atom stereocenters. The minimum atomic E-state index is -0.194. The zero-order valence-corrected chi connectivity index (χ0v) is 12.0. The maximum atomic E-state index is 12.1. The summed E-state index contributed by atoms with van der Waals surface area (Å²) in [6.45, 7) is 5.40. The molecule has 0 aromatic carbocycles. The van der Waals surface area contributed by atoms with Gasteiger partial charge in [-0.2, -0.15) is 9.97 Å². The molecule has 0 aliphatic heterocycles. The molecule has 0 aliphatic rings. The summed E-state index contributed by atoms with van der Waals surface area (Å²) in [4.78, 5) is 25.1. The molecule has 0 radical (unpaired) electrons. The molecular formula is C12H14N4O2S. The van der Waals surface area contributed by atoms with Gasteiger partial charge in [-0.25, -0.2) is 4.98 Å². The van der Waals surface area contributed by atoms with Crippen molar-refractivity contribution in [2.45, 2.75) is 20.8 Å². The van der Waals surface area contributed by atoms with Crippen molar-refractivity contribution in [1.29, 1.82) is 0 Å². The van der Waals surface area contributed by atoms with Gasteiger partial charge in [-0.05, 0) is 20.8 Å². The van der Waals surface area contributed by atoms with Crippen LogP contribution in [0.3, 0.4) is 0 Å². The van der Waals surface area contributed by atoms with Gasteiger partial charge in [0.05, 0.1) is 35.4 Å². The Labute approximate surface area is 114 Å². The van der Waals surface area contributed by atoms with Gasteiger partial charge in [0.15, 0.2) is 0 Å². The molecule has 0 saturated carbocycles. The zero-order valence-electron chi connectivity index (χ0n) is 11.1. The third-order valence-electron chi connectivity index (χ3n) is 2.62. The van der Waals surface area contributed by atoms with Crippen molar-refractivity contribution in [2.75, 3.05) is 12.4 Å². The molecule has 2 aromatic heterocycles. The third-order valence-corrected chi connectivity index (χ3v) is 3.55. The fourth-order valence-electron chi connectivity index (χ4n) is 1.65. The first-order chi connectivity index (χ1) is 9.02. The molecular weight excluding hydrogens is 264 g/mol. The second kappa shape index (κ2) is 5.31. The topological polar surface area (TPSA) is 77.0 Å². The normalized spacial score (nSPS) is 10.3. The van der Waals surface area contributed by atoms with Crippen LogP contribution in [0.5, 0.6) is 6.01 Å². The van der Waals surface area contributed by atoms with Gasteiger partial charge in [-0.15, -0.1) is 11.3 Å². The van der Waals surface area contributed by atoms with E-state index in [1.54, 1.807) is 26.3 Å². The average molecular weight is 278 g/mol. The smallest absolute Gasteiger partial charge is 0.316 e. The lowest BCUT2D eigenvalue weighted by Crippen LogP contribution is -2.15. The summed E-state index contributed by atoms with van der Waals surface area (Å²) in [5.74, 6) is -0.194. The highest BCUT2D eigenvalue weighted by molar-refractivity contribution is 7.12. The summed E-state index contributed by atoms with van der Waals surface area (Å²) in [7, 11) is 1.51. The number of thiazole rings is 1. The van der Waals surface area contributed by atoms with Crippen molar-refractivity contribution in [2.24, 2.45) is 0 Å². The number of nitrogens with one attached hydrogen (secondary N) is 1. The van der Waals surface area contributed by atoms with Gasteiger partial charge in [-0.1, -0.05) is 0 Å². The number of anilines is 1. The Morgan fingerprint density at radius 3 is 2.32 bits per heavy atom. The van der Waals surface area contributed by atoms with Crippen LogP contribution in [0.15, 0.2) is 5.51 Å². The van der Waals surface area contributed by atoms with Gasteiger partial charge in [0.2, 0.25) is 0 Å². The standard InChI is InChI=1S/C12H14N4O2S/c1-6-9(7(2)15-12(14-6)18-4)16-11(17)10-8(3)13-5-19-10/h5H,1-4H3,(H,16,17). The fraction of sp³-hybridized carbons (Fsp3) is 0.333. The highest BCUT2D eigenvalue weighted by Gasteiger charge is 2.16. The van der Waals surface area contributed by atoms with Crippen molar-refractivity contribution in [3.8, 4) is 6.01 Å². The molecule has 19 heavy (non-hydrogen) atoms. The lowest BCUT2D eigenvalue weighted by molar-refractivity contribution is 0.102. The number of amides is 1. The largest absolute Gasteiger partial charge is 0.467 e. The Balaban J connectivity index is 2.29. The number of aryl methyl sites for hydroxylation is 3. The highest BCUT2D eigenvalue weighted by atomic mass is 32.1. The van der Waals surface area contributed by atoms with Crippen molar-refractivity contribution < 1.29 is 9.53 Å². The first-order valence-electron chi connectivity index (χ1n) is 5.63. The minimum absolute atomic E-state index is 0.194. The van der Waals surface area contributed by atoms with Crippen LogP contribution in [-0.2, 0) is 0 Å². The quantitative estimate of drug-likeness (QED) is 0.930. The first kappa shape index (κ1) is 13.4. The van der Waals surface area contributed by atoms with E-state index < -0.39 is 0 Å². The SMILES string of the molecule is COc1nc(C)c(NC(=O)c2scnc2C)c(C)n1. The maximum Gasteiger partial charge on any atom is 0.316 e. The van der Waals surface area contributed by atoms with Crippen LogP contribution in [0.2, 0.25) is 0 Å². The summed E-state index contributed by atoms with van der Waals surface area (Å²) in [6.07, 6.45) is 0. The molecule has 6 nitrogen and oxygen atoms in total. The summed E-state index contributed by atoms with van der Waals surface area (Å²) in [6, 6.07) is 0.293. The Kier molecular flexibility index (Phi) is 3.75. The van der Waals surface area contributed by atoms with Crippen LogP contribution in [0.1, 0.15) is 26.8 Å². The predicted octanol–water partition coefficient (Wildman–Crippen LogP) is 2.12. The van der Waals surface area contributed by atoms with E-state index in [9.17, 15) is 4.79 Å². The summed E-state index contributed by atoms with van der Waals surface area (Å²) in [5.41, 5.74) is 4.31. The molecule has 0 atom stereocenters. The molecule has 0 saturated heterocycles. The number of aromatic nitrogens is 3. The number of carbonyl (C=O) groups excluding carboxylic acids is 1. The predicted molar refractivity (Wildman–Crippen MR) is 72.9 cm³/mol. The van der Waals surface area contributed by atoms with E-state index in [0.29, 0.717) is 33.7 Å². The summed E-state index contributed by atoms with van der Waals surface area (Å²) >= 11 is 1.31. The van der Waals surface area contributed by atoms with Gasteiger partial charge in [0.25, 0.3) is 5.91 Å². The second-order valence-electron chi connectivity index (χ2n) is 3.98. The number of nitrogens with zero attached hydrogens (tertiary/aromatic N) is 3. The number of hydrogen-bond acceptors (Lipinski definition) is 6. The van der Waals surface area contributed by atoms with E-state index in [1.807, 2.05) is 0 Å². The van der Waals surface area contributed by atoms with Gasteiger partial charge < -0.3 is 10.1 Å². The van der Waals surface area contributed by atoms with E-state index >= 15 is 0 Å². The van der Waals surface area contributed by atoms with E-state index in [1.165, 1.54) is 18.4 Å². The Hall–Kier alpha value is -2.02. The highest BCUT2D eigenvalue weighted by Crippen LogP contribution is 2.21. The monoisotopic (exact) mass is 278 g/mol. The van der Waals surface area contributed by atoms with Gasteiger partial charge in [0, 0.05) is 0 Å². The molecule has 0 aliphatic carbocycles. The van der Waals surface area contributed by atoms with Crippen molar-refractivity contribution in [3.63, 3.8) is 0 Å². The van der Waals surface area contributed by atoms with Crippen molar-refractivity contribution in [1.82, 2.24) is 15.0 Å². The Bertz CT molecular complexity index is 601. The van der Waals surface area contributed by atoms with Gasteiger partial charge >= 0.3 is 6.01 Å². The lowest BCUT2D eigenvalue weighted by atomic mass is 10.2. The molecule has 1 amide bonds. The average Bonchev–Trinajstić information content (AvgIpc) is 2.79. The molecule has 0 bridgehead atoms. The van der Waals surface area contributed by atoms with Crippen LogP contribution in [-0.4, -0.2) is 28.0 Å². The minimum Gasteiger partial charge on any atom is -0.467 e. The first-order valence-corrected chi connectivity index (χ1v) is 6.51. The molecule has 1 N–H and O–H groups in total.